The fourth-order valence-corrected chi connectivity index (χ4v) is 15.0. The van der Waals surface area contributed by atoms with Crippen molar-refractivity contribution in [3.05, 3.63) is 0 Å². The molecule has 56 heteroatoms. The van der Waals surface area contributed by atoms with Crippen molar-refractivity contribution in [2.45, 2.75) is 325 Å². The van der Waals surface area contributed by atoms with Crippen molar-refractivity contribution >= 4 is 5.97 Å². The molecule has 0 unspecified atom stereocenters. The first-order valence-corrected chi connectivity index (χ1v) is 38.1. The molecule has 9 aliphatic rings. The molecule has 52 atom stereocenters. The highest BCUT2D eigenvalue weighted by atomic mass is 16.8. The van der Waals surface area contributed by atoms with Gasteiger partial charge in [0.1, 0.15) is 238 Å². The highest BCUT2D eigenvalue weighted by Crippen LogP contribution is 2.44. The summed E-state index contributed by atoms with van der Waals surface area (Å²) >= 11 is 0. The molecular weight excluding hydrogens is 1670 g/mol. The van der Waals surface area contributed by atoms with Crippen LogP contribution in [0.4, 0.5) is 0 Å². The lowest BCUT2D eigenvalue weighted by molar-refractivity contribution is -0.425. The molecule has 0 aromatic heterocycles. The summed E-state index contributed by atoms with van der Waals surface area (Å²) in [6.45, 7) is -13.4. The first kappa shape index (κ1) is 102. The van der Waals surface area contributed by atoms with Crippen LogP contribution in [0.25, 0.3) is 0 Å². The lowest BCUT2D eigenvalue weighted by Gasteiger charge is -2.53. The quantitative estimate of drug-likeness (QED) is 0.0275. The summed E-state index contributed by atoms with van der Waals surface area (Å²) in [6, 6.07) is -3.18. The molecule has 0 amide bonds. The van der Waals surface area contributed by atoms with Crippen molar-refractivity contribution in [2.75, 3.05) is 72.7 Å². The van der Waals surface area contributed by atoms with Crippen molar-refractivity contribution in [3.8, 4) is 0 Å². The van der Waals surface area contributed by atoms with Crippen LogP contribution in [0.2, 0.25) is 0 Å². The molecule has 121 heavy (non-hydrogen) atoms. The first-order valence-electron chi connectivity index (χ1n) is 38.1. The molecule has 0 radical (unpaired) electrons. The fraction of sp³-hybridized carbons (Fsp3) is 0.985. The molecule has 39 N–H and O–H groups in total. The molecule has 9 fully saturated rings. The third kappa shape index (κ3) is 22.0. The second kappa shape index (κ2) is 44.3. The van der Waals surface area contributed by atoms with Gasteiger partial charge < -0.3 is 275 Å². The van der Waals surface area contributed by atoms with Gasteiger partial charge >= 0.3 is 5.97 Å². The number of aliphatic carboxylic acids is 1. The molecule has 9 heterocycles. The molecule has 708 valence electrons. The van der Waals surface area contributed by atoms with Gasteiger partial charge in [-0.25, -0.2) is 4.79 Å². The minimum Gasteiger partial charge on any atom is -0.477 e. The van der Waals surface area contributed by atoms with Crippen LogP contribution in [0.1, 0.15) is 6.42 Å². The number of carboxylic acid groups (broad SMARTS) is 1. The van der Waals surface area contributed by atoms with E-state index in [0.717, 1.165) is 0 Å². The summed E-state index contributed by atoms with van der Waals surface area (Å²) in [6.07, 6.45) is -116. The maximum atomic E-state index is 13.5. The molecule has 9 saturated heterocycles. The minimum absolute atomic E-state index is 0.854. The number of aliphatic hydroxyl groups is 34. The van der Waals surface area contributed by atoms with E-state index in [1.165, 1.54) is 0 Å². The number of ether oxygens (including phenoxy) is 18. The van der Waals surface area contributed by atoms with E-state index in [0.29, 0.717) is 0 Å². The average Bonchev–Trinajstić information content (AvgIpc) is 0.760. The van der Waals surface area contributed by atoms with Crippen molar-refractivity contribution < 1.29 is 269 Å². The highest BCUT2D eigenvalue weighted by Gasteiger charge is 2.64. The lowest BCUT2D eigenvalue weighted by Crippen LogP contribution is -2.71. The second-order valence-corrected chi connectivity index (χ2v) is 30.4. The Morgan fingerprint density at radius 2 is 0.694 bits per heavy atom. The SMILES string of the molecule is N[C@H]1[C@H](OC[C@@H](O)[C@@H](O)[C@H](O)[C@@H](N)CO)O[C@H](CO[C@]2(C(=O)O)C[C@@H](O)[C@@H](O[C@H]3O[C@H]([C@@H](O)CO)[C@@H](O[C@@H]4O[C@H](CO)[C@@H](O)[C@H](O)[C@H]4O)[C@H](O[C@H]4O[C@H]([C@@H](O)CO)[C@@H](O)[C@H](O[C@@H]5O[C@H](CO)[C@@H](O[C@@H]6O[C@H](CO)[C@@H](O[C@@H]7O[C@H](CO)[C@@H](O)[C@H](O)[C@H]7O)[C@H](O)[C@H]6O)[C@H](O)[C@H]5O)[C@@H]4O[C@H]4O[C@H]([C@@H](O)CO)[C@@H](O)[C@H](O)[C@@H]4O)[C@@H]3O)[C@@H]([C@H](O)CO)O2)[C@@H](O)[C@@H]1O. The maximum Gasteiger partial charge on any atom is 0.364 e. The minimum atomic E-state index is -3.32. The Morgan fingerprint density at radius 3 is 1.17 bits per heavy atom. The Morgan fingerprint density at radius 1 is 0.339 bits per heavy atom. The molecule has 56 nitrogen and oxygen atoms in total. The van der Waals surface area contributed by atoms with Gasteiger partial charge in [0, 0.05) is 6.42 Å². The maximum absolute atomic E-state index is 13.5. The van der Waals surface area contributed by atoms with Gasteiger partial charge in [-0.05, 0) is 0 Å². The summed E-state index contributed by atoms with van der Waals surface area (Å²) in [4.78, 5) is 13.5. The molecular formula is C65H114N2O54. The second-order valence-electron chi connectivity index (χ2n) is 30.4. The van der Waals surface area contributed by atoms with Crippen LogP contribution in [0.3, 0.4) is 0 Å². The molecule has 0 spiro atoms. The van der Waals surface area contributed by atoms with Crippen LogP contribution in [0.15, 0.2) is 0 Å². The van der Waals surface area contributed by atoms with Crippen molar-refractivity contribution in [1.82, 2.24) is 0 Å². The first-order chi connectivity index (χ1) is 57.1. The van der Waals surface area contributed by atoms with Crippen LogP contribution in [0.5, 0.6) is 0 Å². The summed E-state index contributed by atoms with van der Waals surface area (Å²) < 4.78 is 105. The highest BCUT2D eigenvalue weighted by molar-refractivity contribution is 5.76. The normalized spacial score (nSPS) is 48.6. The zero-order valence-corrected chi connectivity index (χ0v) is 63.5. The number of nitrogens with two attached hydrogens (primary N) is 2. The third-order valence-corrected chi connectivity index (χ3v) is 22.2. The molecule has 0 aromatic rings. The van der Waals surface area contributed by atoms with Gasteiger partial charge in [0.15, 0.2) is 50.3 Å². The van der Waals surface area contributed by atoms with Gasteiger partial charge in [-0.2, -0.15) is 0 Å². The van der Waals surface area contributed by atoms with Crippen molar-refractivity contribution in [1.29, 1.82) is 0 Å². The standard InChI is InChI=1S/C65H114N2O54/c66-13(2-68)26(83)27(84)19(82)11-104-56-25(67)31(88)30(87)24(110-56)12-105-65(64(102)103)1-14(77)47(49(121-65)18(81)6-72)113-62-44(101)53(54(48(114-62)17(80)5-71)119-58-39(96)33(90)29(86)21(8-74)107-58)118-63-55(120-61-40(97)34(91)35(92)45(111-61)15(78)3-69)52(43(100)46(112-63)16(79)4-70)117-60-42(99)37(94)51(23(10-76)109-60)116-59-41(98)36(93)50(22(9-75)108-59)115-57-38(95)32(89)28(85)20(7-73)106-57/h13-63,68-101H,1-12,66-67H2,(H,102,103)/t13-,14+,15-,16-,17-,18+,19+,20+,21+,22+,23+,24+,25+,26+,27+,28+,29+,30+,31+,32-,33-,34-,35-,36+,37+,38+,39+,40-,41+,42+,43+,44-,45+,46+,47+,48+,49+,50+,51+,52-,53+,54+,55-,56+,57-,58-,59-,60-,61+,62-,63+,65+/m0/s1. The van der Waals surface area contributed by atoms with Gasteiger partial charge in [0.2, 0.25) is 0 Å². The van der Waals surface area contributed by atoms with E-state index in [-0.39, 0.29) is 0 Å². The van der Waals surface area contributed by atoms with Crippen LogP contribution < -0.4 is 11.5 Å². The number of carbonyl (C=O) groups is 1. The van der Waals surface area contributed by atoms with Crippen LogP contribution in [-0.4, -0.2) is 576 Å². The number of carboxylic acids is 1. The number of rotatable bonds is 37. The summed E-state index contributed by atoms with van der Waals surface area (Å²) in [5.41, 5.74) is 11.6. The Hall–Kier alpha value is -2.69. The van der Waals surface area contributed by atoms with Gasteiger partial charge in [0.05, 0.1) is 97.0 Å². The van der Waals surface area contributed by atoms with Gasteiger partial charge in [-0.1, -0.05) is 0 Å². The Labute approximate surface area is 682 Å². The Bertz CT molecular complexity index is 3090. The Kier molecular flexibility index (Phi) is 37.3. The number of hydrogen-bond acceptors (Lipinski definition) is 55. The van der Waals surface area contributed by atoms with E-state index < -0.39 is 404 Å². The fourth-order valence-electron chi connectivity index (χ4n) is 15.0. The summed E-state index contributed by atoms with van der Waals surface area (Å²) in [7, 11) is 0. The van der Waals surface area contributed by atoms with E-state index in [1.807, 2.05) is 0 Å². The largest absolute Gasteiger partial charge is 0.477 e. The van der Waals surface area contributed by atoms with Crippen molar-refractivity contribution in [2.24, 2.45) is 11.5 Å². The van der Waals surface area contributed by atoms with E-state index in [1.54, 1.807) is 0 Å². The predicted octanol–water partition coefficient (Wildman–Crippen LogP) is -25.3. The molecule has 0 saturated carbocycles. The van der Waals surface area contributed by atoms with Gasteiger partial charge in [-0.3, -0.25) is 0 Å². The smallest absolute Gasteiger partial charge is 0.364 e. The van der Waals surface area contributed by atoms with Crippen LogP contribution in [-0.2, 0) is 90.1 Å². The van der Waals surface area contributed by atoms with Crippen LogP contribution in [0, 0.1) is 0 Å². The zero-order chi connectivity index (χ0) is 89.7. The lowest BCUT2D eigenvalue weighted by atomic mass is 9.91. The van der Waals surface area contributed by atoms with E-state index >= 15 is 0 Å². The molecule has 0 aromatic carbocycles. The number of hydrogen-bond donors (Lipinski definition) is 37. The Balaban J connectivity index is 1.06. The van der Waals surface area contributed by atoms with Gasteiger partial charge in [0.25, 0.3) is 5.79 Å². The van der Waals surface area contributed by atoms with E-state index in [4.69, 9.17) is 96.7 Å². The predicted molar refractivity (Wildman–Crippen MR) is 365 cm³/mol. The summed E-state index contributed by atoms with van der Waals surface area (Å²) in [5.74, 6) is -5.51. The monoisotopic (exact) mass is 1790 g/mol. The van der Waals surface area contributed by atoms with E-state index in [9.17, 15) is 184 Å². The molecule has 0 aliphatic carbocycles. The zero-order valence-electron chi connectivity index (χ0n) is 63.5. The molecule has 0 bridgehead atoms. The molecule has 9 rings (SSSR count). The summed E-state index contributed by atoms with van der Waals surface area (Å²) in [5, 5.41) is 385. The molecule has 9 aliphatic heterocycles. The van der Waals surface area contributed by atoms with E-state index in [2.05, 4.69) is 0 Å². The van der Waals surface area contributed by atoms with Crippen molar-refractivity contribution in [3.63, 3.8) is 0 Å². The third-order valence-electron chi connectivity index (χ3n) is 22.2. The van der Waals surface area contributed by atoms with Crippen LogP contribution >= 0.6 is 0 Å². The number of aliphatic hydroxyl groups excluding tert-OH is 34. The topological polar surface area (TPSA) is 943 Å². The van der Waals surface area contributed by atoms with Gasteiger partial charge in [-0.15, -0.1) is 0 Å². The average molecular weight is 1790 g/mol.